The highest BCUT2D eigenvalue weighted by Crippen LogP contribution is 2.20. The van der Waals surface area contributed by atoms with Gasteiger partial charge >= 0.3 is 0 Å². The van der Waals surface area contributed by atoms with Gasteiger partial charge < -0.3 is 19.8 Å². The maximum atomic E-state index is 5.62. The Bertz CT molecular complexity index is 961. The monoisotopic (exact) mass is 392 g/mol. The SMILES string of the molecule is CCNC(=NCc1ccc(C)c(OC)c1)NCc1coc(-c2ccc(C)cc2)n1. The molecule has 0 saturated heterocycles. The van der Waals surface area contributed by atoms with Gasteiger partial charge in [-0.25, -0.2) is 9.98 Å². The molecule has 0 unspecified atom stereocenters. The molecule has 29 heavy (non-hydrogen) atoms. The second kappa shape index (κ2) is 9.78. The van der Waals surface area contributed by atoms with E-state index in [-0.39, 0.29) is 0 Å². The van der Waals surface area contributed by atoms with Crippen LogP contribution in [0.15, 0.2) is 58.1 Å². The van der Waals surface area contributed by atoms with Gasteiger partial charge in [-0.1, -0.05) is 29.8 Å². The van der Waals surface area contributed by atoms with Gasteiger partial charge in [0.25, 0.3) is 0 Å². The fourth-order valence-electron chi connectivity index (χ4n) is 2.87. The average molecular weight is 393 g/mol. The van der Waals surface area contributed by atoms with E-state index in [1.54, 1.807) is 13.4 Å². The molecule has 0 aliphatic rings. The summed E-state index contributed by atoms with van der Waals surface area (Å²) in [5, 5.41) is 6.56. The lowest BCUT2D eigenvalue weighted by molar-refractivity contribution is 0.411. The minimum absolute atomic E-state index is 0.526. The molecule has 1 aromatic heterocycles. The number of oxazole rings is 1. The van der Waals surface area contributed by atoms with Gasteiger partial charge in [-0.05, 0) is 50.1 Å². The van der Waals surface area contributed by atoms with Gasteiger partial charge in [-0.3, -0.25) is 0 Å². The van der Waals surface area contributed by atoms with Crippen molar-refractivity contribution in [2.45, 2.75) is 33.9 Å². The third-order valence-corrected chi connectivity index (χ3v) is 4.52. The van der Waals surface area contributed by atoms with Crippen molar-refractivity contribution in [1.29, 1.82) is 0 Å². The number of methoxy groups -OCH3 is 1. The maximum absolute atomic E-state index is 5.62. The molecule has 0 atom stereocenters. The van der Waals surface area contributed by atoms with Gasteiger partial charge in [0.05, 0.1) is 25.9 Å². The van der Waals surface area contributed by atoms with Crippen molar-refractivity contribution < 1.29 is 9.15 Å². The molecule has 0 amide bonds. The van der Waals surface area contributed by atoms with Crippen LogP contribution in [0.5, 0.6) is 5.75 Å². The molecule has 2 N–H and O–H groups in total. The lowest BCUT2D eigenvalue weighted by atomic mass is 10.1. The van der Waals surface area contributed by atoms with E-state index in [9.17, 15) is 0 Å². The summed E-state index contributed by atoms with van der Waals surface area (Å²) >= 11 is 0. The number of hydrogen-bond donors (Lipinski definition) is 2. The van der Waals surface area contributed by atoms with Crippen LogP contribution >= 0.6 is 0 Å². The first kappa shape index (κ1) is 20.5. The lowest BCUT2D eigenvalue weighted by Gasteiger charge is -2.11. The number of nitrogens with zero attached hydrogens (tertiary/aromatic N) is 2. The molecule has 3 rings (SSSR count). The highest BCUT2D eigenvalue weighted by atomic mass is 16.5. The molecule has 3 aromatic rings. The van der Waals surface area contributed by atoms with E-state index in [0.29, 0.717) is 19.0 Å². The Morgan fingerprint density at radius 1 is 1.10 bits per heavy atom. The maximum Gasteiger partial charge on any atom is 0.226 e. The first-order chi connectivity index (χ1) is 14.1. The normalized spacial score (nSPS) is 11.4. The minimum atomic E-state index is 0.526. The number of aliphatic imine (C=N–C) groups is 1. The summed E-state index contributed by atoms with van der Waals surface area (Å²) < 4.78 is 11.0. The molecule has 152 valence electrons. The van der Waals surface area contributed by atoms with E-state index in [4.69, 9.17) is 9.15 Å². The van der Waals surface area contributed by atoms with Crippen LogP contribution in [-0.2, 0) is 13.1 Å². The summed E-state index contributed by atoms with van der Waals surface area (Å²) in [6.45, 7) is 7.98. The Morgan fingerprint density at radius 2 is 1.90 bits per heavy atom. The Hall–Kier alpha value is -3.28. The van der Waals surface area contributed by atoms with Gasteiger partial charge in [0, 0.05) is 12.1 Å². The van der Waals surface area contributed by atoms with Crippen molar-refractivity contribution in [3.63, 3.8) is 0 Å². The van der Waals surface area contributed by atoms with Crippen LogP contribution in [0.4, 0.5) is 0 Å². The summed E-state index contributed by atoms with van der Waals surface area (Å²) in [5.74, 6) is 2.23. The smallest absolute Gasteiger partial charge is 0.226 e. The summed E-state index contributed by atoms with van der Waals surface area (Å²) in [6, 6.07) is 14.3. The molecule has 0 bridgehead atoms. The zero-order valence-corrected chi connectivity index (χ0v) is 17.5. The van der Waals surface area contributed by atoms with Crippen molar-refractivity contribution in [3.05, 3.63) is 71.1 Å². The van der Waals surface area contributed by atoms with Crippen LogP contribution in [0, 0.1) is 13.8 Å². The Balaban J connectivity index is 1.63. The van der Waals surface area contributed by atoms with Crippen LogP contribution in [0.25, 0.3) is 11.5 Å². The second-order valence-corrected chi connectivity index (χ2v) is 6.86. The van der Waals surface area contributed by atoms with E-state index in [2.05, 4.69) is 33.6 Å². The first-order valence-electron chi connectivity index (χ1n) is 9.76. The molecule has 6 heteroatoms. The molecule has 0 saturated carbocycles. The summed E-state index contributed by atoms with van der Waals surface area (Å²) in [4.78, 5) is 9.22. The van der Waals surface area contributed by atoms with Crippen molar-refractivity contribution in [2.24, 2.45) is 4.99 Å². The molecule has 0 spiro atoms. The predicted molar refractivity (Wildman–Crippen MR) is 116 cm³/mol. The third kappa shape index (κ3) is 5.60. The molecule has 1 heterocycles. The number of ether oxygens (including phenoxy) is 1. The van der Waals surface area contributed by atoms with Crippen molar-refractivity contribution in [2.75, 3.05) is 13.7 Å². The predicted octanol–water partition coefficient (Wildman–Crippen LogP) is 4.22. The molecule has 0 radical (unpaired) electrons. The highest BCUT2D eigenvalue weighted by molar-refractivity contribution is 5.79. The van der Waals surface area contributed by atoms with Crippen molar-refractivity contribution in [1.82, 2.24) is 15.6 Å². The Kier molecular flexibility index (Phi) is 6.89. The highest BCUT2D eigenvalue weighted by Gasteiger charge is 2.07. The number of rotatable bonds is 7. The number of aromatic nitrogens is 1. The largest absolute Gasteiger partial charge is 0.496 e. The fraction of sp³-hybridized carbons (Fsp3) is 0.304. The lowest BCUT2D eigenvalue weighted by Crippen LogP contribution is -2.36. The van der Waals surface area contributed by atoms with Gasteiger partial charge in [-0.15, -0.1) is 0 Å². The van der Waals surface area contributed by atoms with Gasteiger partial charge in [0.2, 0.25) is 5.89 Å². The minimum Gasteiger partial charge on any atom is -0.496 e. The van der Waals surface area contributed by atoms with Gasteiger partial charge in [0.15, 0.2) is 5.96 Å². The summed E-state index contributed by atoms with van der Waals surface area (Å²) in [7, 11) is 1.68. The summed E-state index contributed by atoms with van der Waals surface area (Å²) in [6.07, 6.45) is 1.68. The van der Waals surface area contributed by atoms with Gasteiger partial charge in [-0.2, -0.15) is 0 Å². The van der Waals surface area contributed by atoms with Crippen LogP contribution < -0.4 is 15.4 Å². The van der Waals surface area contributed by atoms with E-state index in [1.807, 2.05) is 50.2 Å². The van der Waals surface area contributed by atoms with E-state index in [1.165, 1.54) is 5.56 Å². The Labute approximate surface area is 172 Å². The molecular formula is C23H28N4O2. The molecule has 0 aliphatic carbocycles. The molecule has 0 fully saturated rings. The van der Waals surface area contributed by atoms with Crippen molar-refractivity contribution >= 4 is 5.96 Å². The second-order valence-electron chi connectivity index (χ2n) is 6.86. The topological polar surface area (TPSA) is 71.7 Å². The average Bonchev–Trinajstić information content (AvgIpc) is 3.20. The standard InChI is InChI=1S/C23H28N4O2/c1-5-24-23(25-13-18-9-8-17(3)21(12-18)28-4)26-14-20-15-29-22(27-20)19-10-6-16(2)7-11-19/h6-12,15H,5,13-14H2,1-4H3,(H2,24,25,26). The molecular weight excluding hydrogens is 364 g/mol. The third-order valence-electron chi connectivity index (χ3n) is 4.52. The van der Waals surface area contributed by atoms with Crippen LogP contribution in [0.3, 0.4) is 0 Å². The number of guanidine groups is 1. The Morgan fingerprint density at radius 3 is 2.62 bits per heavy atom. The van der Waals surface area contributed by atoms with E-state index < -0.39 is 0 Å². The van der Waals surface area contributed by atoms with Crippen LogP contribution in [0.2, 0.25) is 0 Å². The molecule has 6 nitrogen and oxygen atoms in total. The zero-order valence-electron chi connectivity index (χ0n) is 17.5. The van der Waals surface area contributed by atoms with Crippen LogP contribution in [0.1, 0.15) is 29.3 Å². The van der Waals surface area contributed by atoms with Crippen molar-refractivity contribution in [3.8, 4) is 17.2 Å². The summed E-state index contributed by atoms with van der Waals surface area (Å²) in [5.41, 5.74) is 5.20. The van der Waals surface area contributed by atoms with Gasteiger partial charge in [0.1, 0.15) is 12.0 Å². The van der Waals surface area contributed by atoms with E-state index >= 15 is 0 Å². The van der Waals surface area contributed by atoms with Crippen LogP contribution in [-0.4, -0.2) is 24.6 Å². The first-order valence-corrected chi connectivity index (χ1v) is 9.76. The number of aryl methyl sites for hydroxylation is 2. The zero-order chi connectivity index (χ0) is 20.6. The molecule has 2 aromatic carbocycles. The fourth-order valence-corrected chi connectivity index (χ4v) is 2.87. The number of nitrogens with one attached hydrogen (secondary N) is 2. The quantitative estimate of drug-likeness (QED) is 0.465. The van der Waals surface area contributed by atoms with E-state index in [0.717, 1.165) is 40.6 Å². The molecule has 0 aliphatic heterocycles. The number of benzene rings is 2. The number of hydrogen-bond acceptors (Lipinski definition) is 4.